The number of nitrogens with one attached hydrogen (secondary N) is 2. The fraction of sp³-hybridized carbons (Fsp3) is 0.545. The zero-order valence-electron chi connectivity index (χ0n) is 26.2. The summed E-state index contributed by atoms with van der Waals surface area (Å²) in [5, 5.41) is 15.8. The van der Waals surface area contributed by atoms with Crippen LogP contribution in [0.5, 0.6) is 5.75 Å². The fourth-order valence-corrected chi connectivity index (χ4v) is 4.53. The Bertz CT molecular complexity index is 1130. The smallest absolute Gasteiger partial charge is 0.408 e. The van der Waals surface area contributed by atoms with Gasteiger partial charge in [0.15, 0.2) is 0 Å². The summed E-state index contributed by atoms with van der Waals surface area (Å²) in [7, 11) is 0. The predicted molar refractivity (Wildman–Crippen MR) is 162 cm³/mol. The van der Waals surface area contributed by atoms with Gasteiger partial charge < -0.3 is 25.4 Å². The summed E-state index contributed by atoms with van der Waals surface area (Å²) in [6.45, 7) is 17.1. The van der Waals surface area contributed by atoms with Crippen LogP contribution in [0.15, 0.2) is 54.6 Å². The second kappa shape index (κ2) is 14.4. The Kier molecular flexibility index (Phi) is 11.8. The highest BCUT2D eigenvalue weighted by molar-refractivity contribution is 5.92. The summed E-state index contributed by atoms with van der Waals surface area (Å²) in [6.07, 6.45) is 1.01. The normalized spacial score (nSPS) is 14.1. The summed E-state index contributed by atoms with van der Waals surface area (Å²) in [5.41, 5.74) is 0.109. The molecule has 0 radical (unpaired) electrons. The van der Waals surface area contributed by atoms with E-state index in [0.29, 0.717) is 17.9 Å². The van der Waals surface area contributed by atoms with Crippen molar-refractivity contribution in [2.24, 2.45) is 5.92 Å². The molecular formula is C33H49N3O5. The van der Waals surface area contributed by atoms with Gasteiger partial charge in [0.2, 0.25) is 11.8 Å². The molecular weight excluding hydrogens is 518 g/mol. The molecule has 41 heavy (non-hydrogen) atoms. The van der Waals surface area contributed by atoms with Crippen LogP contribution in [-0.2, 0) is 20.7 Å². The summed E-state index contributed by atoms with van der Waals surface area (Å²) in [6, 6.07) is 13.4. The minimum Gasteiger partial charge on any atom is -0.508 e. The van der Waals surface area contributed by atoms with Gasteiger partial charge >= 0.3 is 6.09 Å². The lowest BCUT2D eigenvalue weighted by molar-refractivity contribution is -0.145. The van der Waals surface area contributed by atoms with E-state index in [0.717, 1.165) is 12.0 Å². The Morgan fingerprint density at radius 2 is 1.46 bits per heavy atom. The van der Waals surface area contributed by atoms with Crippen LogP contribution in [0.25, 0.3) is 0 Å². The van der Waals surface area contributed by atoms with E-state index in [4.69, 9.17) is 4.74 Å². The molecule has 0 aliphatic rings. The van der Waals surface area contributed by atoms with Crippen LogP contribution in [0.4, 0.5) is 4.79 Å². The van der Waals surface area contributed by atoms with Crippen molar-refractivity contribution in [1.29, 1.82) is 0 Å². The predicted octanol–water partition coefficient (Wildman–Crippen LogP) is 6.14. The minimum atomic E-state index is -0.997. The van der Waals surface area contributed by atoms with Crippen molar-refractivity contribution in [3.05, 3.63) is 65.7 Å². The molecule has 3 unspecified atom stereocenters. The van der Waals surface area contributed by atoms with E-state index in [1.165, 1.54) is 12.1 Å². The SMILES string of the molecule is CC(C)CCC(C)N(C(=O)C(Cc1ccccc1)NC(=O)OC(C)(C)C)C(C(=O)NC(C)(C)C)c1ccc(O)cc1. The molecule has 0 saturated carbocycles. The van der Waals surface area contributed by atoms with Crippen LogP contribution in [0.3, 0.4) is 0 Å². The van der Waals surface area contributed by atoms with Crippen LogP contribution in [0, 0.1) is 5.92 Å². The summed E-state index contributed by atoms with van der Waals surface area (Å²) in [4.78, 5) is 43.1. The highest BCUT2D eigenvalue weighted by atomic mass is 16.6. The molecule has 0 heterocycles. The molecule has 0 fully saturated rings. The average Bonchev–Trinajstić information content (AvgIpc) is 2.84. The molecule has 2 aromatic carbocycles. The monoisotopic (exact) mass is 567 g/mol. The molecule has 8 nitrogen and oxygen atoms in total. The van der Waals surface area contributed by atoms with Gasteiger partial charge in [0.1, 0.15) is 23.4 Å². The van der Waals surface area contributed by atoms with Crippen molar-refractivity contribution < 1.29 is 24.2 Å². The van der Waals surface area contributed by atoms with Crippen molar-refractivity contribution in [3.8, 4) is 5.75 Å². The van der Waals surface area contributed by atoms with Crippen molar-refractivity contribution in [3.63, 3.8) is 0 Å². The highest BCUT2D eigenvalue weighted by Crippen LogP contribution is 2.29. The van der Waals surface area contributed by atoms with E-state index in [9.17, 15) is 19.5 Å². The molecule has 8 heteroatoms. The third-order valence-electron chi connectivity index (χ3n) is 6.40. The van der Waals surface area contributed by atoms with E-state index in [-0.39, 0.29) is 24.1 Å². The third kappa shape index (κ3) is 11.5. The lowest BCUT2D eigenvalue weighted by atomic mass is 9.95. The van der Waals surface area contributed by atoms with Crippen LogP contribution < -0.4 is 10.6 Å². The molecule has 2 rings (SSSR count). The van der Waals surface area contributed by atoms with Crippen molar-refractivity contribution in [2.75, 3.05) is 0 Å². The molecule has 3 atom stereocenters. The maximum absolute atomic E-state index is 14.6. The number of hydrogen-bond acceptors (Lipinski definition) is 5. The second-order valence-corrected chi connectivity index (χ2v) is 13.2. The topological polar surface area (TPSA) is 108 Å². The molecule has 3 amide bonds. The van der Waals surface area contributed by atoms with Gasteiger partial charge in [-0.05, 0) is 90.5 Å². The van der Waals surface area contributed by atoms with Crippen LogP contribution in [0.2, 0.25) is 0 Å². The van der Waals surface area contributed by atoms with Crippen LogP contribution in [-0.4, -0.2) is 51.1 Å². The van der Waals surface area contributed by atoms with Crippen LogP contribution in [0.1, 0.15) is 92.3 Å². The molecule has 0 saturated heterocycles. The first kappa shape index (κ1) is 33.7. The maximum atomic E-state index is 14.6. The van der Waals surface area contributed by atoms with E-state index in [1.807, 2.05) is 58.0 Å². The minimum absolute atomic E-state index is 0.0583. The number of hydrogen-bond donors (Lipinski definition) is 3. The van der Waals surface area contributed by atoms with Gasteiger partial charge in [-0.15, -0.1) is 0 Å². The molecule has 0 bridgehead atoms. The molecule has 2 aromatic rings. The van der Waals surface area contributed by atoms with E-state index >= 15 is 0 Å². The van der Waals surface area contributed by atoms with Crippen molar-refractivity contribution in [2.45, 2.75) is 111 Å². The van der Waals surface area contributed by atoms with Gasteiger partial charge in [-0.25, -0.2) is 4.79 Å². The second-order valence-electron chi connectivity index (χ2n) is 13.2. The van der Waals surface area contributed by atoms with E-state index in [2.05, 4.69) is 24.5 Å². The maximum Gasteiger partial charge on any atom is 0.408 e. The number of carbonyl (C=O) groups excluding carboxylic acids is 3. The first-order chi connectivity index (χ1) is 19.0. The molecule has 0 spiro atoms. The zero-order valence-corrected chi connectivity index (χ0v) is 26.2. The summed E-state index contributed by atoms with van der Waals surface area (Å²) in [5.74, 6) is -0.283. The molecule has 0 aliphatic carbocycles. The molecule has 226 valence electrons. The number of carbonyl (C=O) groups is 3. The van der Waals surface area contributed by atoms with Gasteiger partial charge in [-0.1, -0.05) is 56.3 Å². The first-order valence-corrected chi connectivity index (χ1v) is 14.4. The number of phenolic OH excluding ortho intramolecular Hbond substituents is 1. The summed E-state index contributed by atoms with van der Waals surface area (Å²) < 4.78 is 5.52. The average molecular weight is 568 g/mol. The van der Waals surface area contributed by atoms with Crippen molar-refractivity contribution in [1.82, 2.24) is 15.5 Å². The Balaban J connectivity index is 2.65. The number of ether oxygens (including phenoxy) is 1. The first-order valence-electron chi connectivity index (χ1n) is 14.4. The highest BCUT2D eigenvalue weighted by Gasteiger charge is 2.39. The third-order valence-corrected chi connectivity index (χ3v) is 6.40. The number of alkyl carbamates (subject to hydrolysis) is 1. The largest absolute Gasteiger partial charge is 0.508 e. The van der Waals surface area contributed by atoms with Gasteiger partial charge in [-0.3, -0.25) is 9.59 Å². The zero-order chi connectivity index (χ0) is 31.0. The number of rotatable bonds is 11. The number of benzene rings is 2. The Hall–Kier alpha value is -3.55. The molecule has 0 aliphatic heterocycles. The number of phenols is 1. The lowest BCUT2D eigenvalue weighted by Crippen LogP contribution is -2.57. The van der Waals surface area contributed by atoms with Gasteiger partial charge in [-0.2, -0.15) is 0 Å². The van der Waals surface area contributed by atoms with Crippen molar-refractivity contribution >= 4 is 17.9 Å². The number of nitrogens with zero attached hydrogens (tertiary/aromatic N) is 1. The quantitative estimate of drug-likeness (QED) is 0.302. The standard InChI is InChI=1S/C33H49N3O5/c1-22(2)15-16-23(3)36(28(29(38)35-32(4,5)6)25-17-19-26(37)20-18-25)30(39)27(21-24-13-11-10-12-14-24)34-31(40)41-33(7,8)9/h10-14,17-20,22-23,27-28,37H,15-16,21H2,1-9H3,(H,34,40)(H,35,38). The van der Waals surface area contributed by atoms with Crippen LogP contribution >= 0.6 is 0 Å². The van der Waals surface area contributed by atoms with Gasteiger partial charge in [0.05, 0.1) is 0 Å². The van der Waals surface area contributed by atoms with Gasteiger partial charge in [0.25, 0.3) is 0 Å². The number of amides is 3. The molecule has 0 aromatic heterocycles. The van der Waals surface area contributed by atoms with Gasteiger partial charge in [0, 0.05) is 18.0 Å². The number of aromatic hydroxyl groups is 1. The fourth-order valence-electron chi connectivity index (χ4n) is 4.53. The Labute approximate surface area is 245 Å². The lowest BCUT2D eigenvalue weighted by Gasteiger charge is -2.40. The Morgan fingerprint density at radius 1 is 0.878 bits per heavy atom. The summed E-state index contributed by atoms with van der Waals surface area (Å²) >= 11 is 0. The van der Waals surface area contributed by atoms with E-state index in [1.54, 1.807) is 37.8 Å². The molecule has 3 N–H and O–H groups in total. The van der Waals surface area contributed by atoms with E-state index < -0.39 is 35.2 Å². The Morgan fingerprint density at radius 3 is 1.98 bits per heavy atom.